The van der Waals surface area contributed by atoms with Gasteiger partial charge in [-0.15, -0.1) is 0 Å². The van der Waals surface area contributed by atoms with E-state index in [0.717, 1.165) is 62.9 Å². The van der Waals surface area contributed by atoms with Crippen LogP contribution in [0.3, 0.4) is 0 Å². The first kappa shape index (κ1) is 26.8. The van der Waals surface area contributed by atoms with E-state index in [0.29, 0.717) is 24.9 Å². The van der Waals surface area contributed by atoms with Gasteiger partial charge in [0.15, 0.2) is 17.2 Å². The second-order valence-electron chi connectivity index (χ2n) is 9.24. The molecule has 192 valence electrons. The van der Waals surface area contributed by atoms with E-state index in [4.69, 9.17) is 4.74 Å². The number of unbranched alkanes of at least 4 members (excludes halogenated alkanes) is 3. The van der Waals surface area contributed by atoms with Crippen LogP contribution in [0, 0.1) is 10.1 Å². The summed E-state index contributed by atoms with van der Waals surface area (Å²) in [5.41, 5.74) is 2.08. The Balaban J connectivity index is 1.28. The van der Waals surface area contributed by atoms with Gasteiger partial charge in [0.25, 0.3) is 0 Å². The van der Waals surface area contributed by atoms with Crippen molar-refractivity contribution in [3.05, 3.63) is 57.6 Å². The van der Waals surface area contributed by atoms with Crippen molar-refractivity contribution in [1.29, 1.82) is 0 Å². The maximum Gasteiger partial charge on any atom is 0.310 e. The van der Waals surface area contributed by atoms with Crippen LogP contribution in [-0.2, 0) is 12.8 Å². The second-order valence-corrected chi connectivity index (χ2v) is 9.24. The molecule has 1 aliphatic carbocycles. The largest absolute Gasteiger partial charge is 0.504 e. The fourth-order valence-electron chi connectivity index (χ4n) is 4.89. The molecule has 2 aromatic carbocycles. The highest BCUT2D eigenvalue weighted by Crippen LogP contribution is 2.36. The summed E-state index contributed by atoms with van der Waals surface area (Å²) in [5.74, 6) is 0.353. The molecule has 0 aliphatic heterocycles. The minimum Gasteiger partial charge on any atom is -0.504 e. The molecule has 0 radical (unpaired) electrons. The van der Waals surface area contributed by atoms with Crippen molar-refractivity contribution in [2.45, 2.75) is 64.3 Å². The number of hydrogen-bond donors (Lipinski definition) is 3. The van der Waals surface area contributed by atoms with Gasteiger partial charge in [-0.2, -0.15) is 0 Å². The molecule has 35 heavy (non-hydrogen) atoms. The van der Waals surface area contributed by atoms with Crippen molar-refractivity contribution < 1.29 is 19.9 Å². The average molecular weight is 486 g/mol. The molecule has 0 amide bonds. The van der Waals surface area contributed by atoms with Crippen molar-refractivity contribution in [1.82, 2.24) is 10.2 Å². The zero-order valence-corrected chi connectivity index (χ0v) is 20.7. The Labute approximate surface area is 208 Å². The maximum absolute atomic E-state index is 11.0. The normalized spacial score (nSPS) is 15.2. The third-order valence-corrected chi connectivity index (χ3v) is 6.72. The standard InChI is InChI=1S/C27H39N3O5/c1-2-17-29(22-12-13-23-21(20-22)11-14-25(31)27(23)32)18-8-4-3-7-15-28-16-19-35-26-10-6-5-9-24(26)30(33)34/h5-6,9-11,14,22,28,31-32H,2-4,7-8,12-13,15-20H2,1H3. The topological polar surface area (TPSA) is 108 Å². The number of phenols is 2. The predicted molar refractivity (Wildman–Crippen MR) is 137 cm³/mol. The Bertz CT molecular complexity index is 952. The SMILES string of the molecule is CCCN(CCCCCCNCCOc1ccccc1[N+](=O)[O-])C1CCc2c(ccc(O)c2O)C1. The van der Waals surface area contributed by atoms with Crippen molar-refractivity contribution in [2.75, 3.05) is 32.8 Å². The summed E-state index contributed by atoms with van der Waals surface area (Å²) in [7, 11) is 0. The summed E-state index contributed by atoms with van der Waals surface area (Å²) < 4.78 is 5.55. The molecule has 0 spiro atoms. The van der Waals surface area contributed by atoms with Crippen LogP contribution in [0.4, 0.5) is 5.69 Å². The molecule has 0 fully saturated rings. The van der Waals surface area contributed by atoms with Gasteiger partial charge in [0.1, 0.15) is 6.61 Å². The number of nitrogens with one attached hydrogen (secondary N) is 1. The molecule has 2 aromatic rings. The van der Waals surface area contributed by atoms with Gasteiger partial charge < -0.3 is 25.2 Å². The number of benzene rings is 2. The number of para-hydroxylation sites is 2. The maximum atomic E-state index is 11.0. The van der Waals surface area contributed by atoms with Crippen LogP contribution in [0.1, 0.15) is 56.6 Å². The molecule has 3 N–H and O–H groups in total. The fourth-order valence-corrected chi connectivity index (χ4v) is 4.89. The van der Waals surface area contributed by atoms with E-state index in [-0.39, 0.29) is 17.2 Å². The third kappa shape index (κ3) is 7.83. The van der Waals surface area contributed by atoms with Crippen LogP contribution in [0.5, 0.6) is 17.2 Å². The van der Waals surface area contributed by atoms with Crippen LogP contribution >= 0.6 is 0 Å². The summed E-state index contributed by atoms with van der Waals surface area (Å²) in [6.45, 7) is 6.37. The van der Waals surface area contributed by atoms with E-state index in [9.17, 15) is 20.3 Å². The lowest BCUT2D eigenvalue weighted by atomic mass is 9.86. The highest BCUT2D eigenvalue weighted by Gasteiger charge is 2.26. The van der Waals surface area contributed by atoms with Crippen molar-refractivity contribution >= 4 is 5.69 Å². The quantitative estimate of drug-likeness (QED) is 0.144. The van der Waals surface area contributed by atoms with Gasteiger partial charge in [0.05, 0.1) is 4.92 Å². The summed E-state index contributed by atoms with van der Waals surface area (Å²) in [6.07, 6.45) is 8.51. The van der Waals surface area contributed by atoms with Gasteiger partial charge in [0.2, 0.25) is 0 Å². The molecule has 0 aromatic heterocycles. The monoisotopic (exact) mass is 485 g/mol. The number of nitrogens with zero attached hydrogens (tertiary/aromatic N) is 2. The van der Waals surface area contributed by atoms with Crippen LogP contribution < -0.4 is 10.1 Å². The predicted octanol–water partition coefficient (Wildman–Crippen LogP) is 4.80. The molecule has 1 unspecified atom stereocenters. The highest BCUT2D eigenvalue weighted by atomic mass is 16.6. The van der Waals surface area contributed by atoms with Crippen molar-refractivity contribution in [2.24, 2.45) is 0 Å². The van der Waals surface area contributed by atoms with Crippen LogP contribution in [0.25, 0.3) is 0 Å². The number of fused-ring (bicyclic) bond motifs is 1. The molecule has 0 bridgehead atoms. The van der Waals surface area contributed by atoms with Gasteiger partial charge in [-0.3, -0.25) is 10.1 Å². The van der Waals surface area contributed by atoms with Gasteiger partial charge in [0, 0.05) is 24.2 Å². The van der Waals surface area contributed by atoms with Crippen LogP contribution in [0.15, 0.2) is 36.4 Å². The first-order valence-electron chi connectivity index (χ1n) is 12.8. The molecular formula is C27H39N3O5. The first-order valence-corrected chi connectivity index (χ1v) is 12.8. The molecule has 0 heterocycles. The number of nitro benzene ring substituents is 1. The van der Waals surface area contributed by atoms with Gasteiger partial charge in [-0.25, -0.2) is 0 Å². The average Bonchev–Trinajstić information content (AvgIpc) is 2.86. The Morgan fingerprint density at radius 1 is 1.09 bits per heavy atom. The number of ether oxygens (including phenoxy) is 1. The lowest BCUT2D eigenvalue weighted by molar-refractivity contribution is -0.385. The van der Waals surface area contributed by atoms with Gasteiger partial charge >= 0.3 is 5.69 Å². The number of aromatic hydroxyl groups is 2. The minimum atomic E-state index is -0.423. The van der Waals surface area contributed by atoms with E-state index in [2.05, 4.69) is 17.1 Å². The van der Waals surface area contributed by atoms with Crippen LogP contribution in [0.2, 0.25) is 0 Å². The molecule has 8 nitrogen and oxygen atoms in total. The Kier molecular flexibility index (Phi) is 10.6. The second kappa shape index (κ2) is 13.9. The molecule has 0 saturated heterocycles. The number of nitro groups is 1. The highest BCUT2D eigenvalue weighted by molar-refractivity contribution is 5.50. The van der Waals surface area contributed by atoms with E-state index in [1.165, 1.54) is 25.3 Å². The van der Waals surface area contributed by atoms with Crippen molar-refractivity contribution in [3.63, 3.8) is 0 Å². The summed E-state index contributed by atoms with van der Waals surface area (Å²) in [5, 5.41) is 34.3. The zero-order chi connectivity index (χ0) is 25.0. The first-order chi connectivity index (χ1) is 17.0. The lowest BCUT2D eigenvalue weighted by Gasteiger charge is -2.35. The van der Waals surface area contributed by atoms with Crippen molar-refractivity contribution in [3.8, 4) is 17.2 Å². The zero-order valence-electron chi connectivity index (χ0n) is 20.7. The fraction of sp³-hybridized carbons (Fsp3) is 0.556. The molecule has 1 aliphatic rings. The number of hydrogen-bond acceptors (Lipinski definition) is 7. The van der Waals surface area contributed by atoms with E-state index in [1.54, 1.807) is 24.3 Å². The Hall–Kier alpha value is -2.84. The molecule has 0 saturated carbocycles. The van der Waals surface area contributed by atoms with Gasteiger partial charge in [-0.05, 0) is 75.9 Å². The Morgan fingerprint density at radius 2 is 1.89 bits per heavy atom. The molecule has 1 atom stereocenters. The molecule has 8 heteroatoms. The smallest absolute Gasteiger partial charge is 0.310 e. The minimum absolute atomic E-state index is 0.000466. The summed E-state index contributed by atoms with van der Waals surface area (Å²) >= 11 is 0. The number of rotatable bonds is 15. The number of phenolic OH excluding ortho intramolecular Hbond substituents is 2. The Morgan fingerprint density at radius 3 is 2.69 bits per heavy atom. The molecule has 3 rings (SSSR count). The lowest BCUT2D eigenvalue weighted by Crippen LogP contribution is -2.40. The van der Waals surface area contributed by atoms with Crippen LogP contribution in [-0.4, -0.2) is 58.9 Å². The van der Waals surface area contributed by atoms with E-state index >= 15 is 0 Å². The third-order valence-electron chi connectivity index (χ3n) is 6.72. The summed E-state index contributed by atoms with van der Waals surface area (Å²) in [6, 6.07) is 10.5. The van der Waals surface area contributed by atoms with E-state index in [1.807, 2.05) is 6.07 Å². The summed E-state index contributed by atoms with van der Waals surface area (Å²) in [4.78, 5) is 13.2. The molecular weight excluding hydrogens is 446 g/mol. The van der Waals surface area contributed by atoms with E-state index < -0.39 is 4.92 Å². The van der Waals surface area contributed by atoms with Gasteiger partial charge in [-0.1, -0.05) is 38.0 Å².